The van der Waals surface area contributed by atoms with Gasteiger partial charge < -0.3 is 10.1 Å². The molecule has 4 heteroatoms. The van der Waals surface area contributed by atoms with E-state index < -0.39 is 10.9 Å². The average Bonchev–Trinajstić information content (AvgIpc) is 2.59. The highest BCUT2D eigenvalue weighted by atomic mass is 16.5. The Balaban J connectivity index is 1.92. The Hall–Kier alpha value is -2.88. The van der Waals surface area contributed by atoms with Crippen molar-refractivity contribution in [3.05, 3.63) is 74.0 Å². The second-order valence-electron chi connectivity index (χ2n) is 5.79. The lowest BCUT2D eigenvalue weighted by Gasteiger charge is -2.15. The summed E-state index contributed by atoms with van der Waals surface area (Å²) in [4.78, 5) is 24.0. The Morgan fingerprint density at radius 1 is 0.917 bits per heavy atom. The van der Waals surface area contributed by atoms with Crippen LogP contribution in [0.4, 0.5) is 11.4 Å². The summed E-state index contributed by atoms with van der Waals surface area (Å²) in [6.45, 7) is 6.53. The first kappa shape index (κ1) is 16.0. The molecule has 0 amide bonds. The Labute approximate surface area is 140 Å². The van der Waals surface area contributed by atoms with Crippen LogP contribution in [0.1, 0.15) is 18.1 Å². The van der Waals surface area contributed by atoms with E-state index in [-0.39, 0.29) is 0 Å². The van der Waals surface area contributed by atoms with E-state index in [9.17, 15) is 9.59 Å². The van der Waals surface area contributed by atoms with Crippen LogP contribution in [-0.4, -0.2) is 6.61 Å². The molecule has 0 fully saturated rings. The predicted molar refractivity (Wildman–Crippen MR) is 97.2 cm³/mol. The topological polar surface area (TPSA) is 55.4 Å². The first-order valence-corrected chi connectivity index (χ1v) is 7.92. The van der Waals surface area contributed by atoms with Crippen LogP contribution in [0.2, 0.25) is 0 Å². The second kappa shape index (κ2) is 6.32. The summed E-state index contributed by atoms with van der Waals surface area (Å²) in [5.41, 5.74) is 3.66. The number of ether oxygens (including phenoxy) is 1. The molecule has 0 aliphatic carbocycles. The lowest BCUT2D eigenvalue weighted by atomic mass is 9.95. The SMILES string of the molecule is CCOc1ccc(Nc2c(-c3ccc(C)c(C)c3)c(=O)c2=O)cc1. The number of nitrogens with one attached hydrogen (secondary N) is 1. The van der Waals surface area contributed by atoms with Gasteiger partial charge in [0.25, 0.3) is 5.43 Å². The summed E-state index contributed by atoms with van der Waals surface area (Å²) in [6, 6.07) is 13.1. The van der Waals surface area contributed by atoms with Crippen LogP contribution in [0.3, 0.4) is 0 Å². The monoisotopic (exact) mass is 321 g/mol. The molecular formula is C20H19NO3. The van der Waals surface area contributed by atoms with E-state index in [1.807, 2.05) is 63.2 Å². The molecule has 0 saturated carbocycles. The maximum Gasteiger partial charge on any atom is 0.250 e. The molecule has 0 aliphatic heterocycles. The van der Waals surface area contributed by atoms with Gasteiger partial charge in [-0.15, -0.1) is 0 Å². The molecule has 0 bridgehead atoms. The van der Waals surface area contributed by atoms with Crippen molar-refractivity contribution in [3.8, 4) is 16.9 Å². The van der Waals surface area contributed by atoms with Crippen LogP contribution in [0.5, 0.6) is 5.75 Å². The molecule has 0 heterocycles. The highest BCUT2D eigenvalue weighted by Gasteiger charge is 2.22. The van der Waals surface area contributed by atoms with Gasteiger partial charge in [0, 0.05) is 5.69 Å². The summed E-state index contributed by atoms with van der Waals surface area (Å²) >= 11 is 0. The van der Waals surface area contributed by atoms with E-state index in [2.05, 4.69) is 5.32 Å². The van der Waals surface area contributed by atoms with E-state index in [1.54, 1.807) is 0 Å². The zero-order chi connectivity index (χ0) is 17.3. The van der Waals surface area contributed by atoms with Crippen molar-refractivity contribution in [2.75, 3.05) is 11.9 Å². The molecule has 0 spiro atoms. The summed E-state index contributed by atoms with van der Waals surface area (Å²) in [5, 5.41) is 3.06. The molecule has 0 atom stereocenters. The number of aryl methyl sites for hydroxylation is 2. The Morgan fingerprint density at radius 2 is 1.62 bits per heavy atom. The molecule has 0 radical (unpaired) electrons. The van der Waals surface area contributed by atoms with Crippen molar-refractivity contribution < 1.29 is 4.74 Å². The van der Waals surface area contributed by atoms with Gasteiger partial charge in [0.1, 0.15) is 11.4 Å². The molecule has 122 valence electrons. The van der Waals surface area contributed by atoms with Gasteiger partial charge in [-0.1, -0.05) is 18.2 Å². The molecule has 3 aromatic carbocycles. The van der Waals surface area contributed by atoms with E-state index in [1.165, 1.54) is 0 Å². The van der Waals surface area contributed by atoms with E-state index >= 15 is 0 Å². The third kappa shape index (κ3) is 2.83. The van der Waals surface area contributed by atoms with Gasteiger partial charge in [0.05, 0.1) is 12.2 Å². The van der Waals surface area contributed by atoms with Crippen molar-refractivity contribution in [3.63, 3.8) is 0 Å². The Morgan fingerprint density at radius 3 is 2.25 bits per heavy atom. The Kier molecular flexibility index (Phi) is 4.21. The molecule has 0 saturated heterocycles. The fourth-order valence-corrected chi connectivity index (χ4v) is 2.63. The minimum absolute atomic E-state index is 0.354. The zero-order valence-electron chi connectivity index (χ0n) is 14.0. The highest BCUT2D eigenvalue weighted by molar-refractivity contribution is 5.85. The van der Waals surface area contributed by atoms with Gasteiger partial charge in [0.15, 0.2) is 0 Å². The quantitative estimate of drug-likeness (QED) is 0.728. The number of hydrogen-bond donors (Lipinski definition) is 1. The van der Waals surface area contributed by atoms with Gasteiger partial charge in [-0.2, -0.15) is 0 Å². The number of hydrogen-bond acceptors (Lipinski definition) is 4. The van der Waals surface area contributed by atoms with E-state index in [0.717, 1.165) is 28.1 Å². The molecule has 4 nitrogen and oxygen atoms in total. The van der Waals surface area contributed by atoms with E-state index in [0.29, 0.717) is 17.9 Å². The molecule has 3 rings (SSSR count). The molecule has 1 N–H and O–H groups in total. The van der Waals surface area contributed by atoms with Gasteiger partial charge in [-0.25, -0.2) is 0 Å². The standard InChI is InChI=1S/C20H19NO3/c1-4-24-16-9-7-15(8-10-16)21-18-17(19(22)20(18)23)14-6-5-12(2)13(3)11-14/h5-11,21H,4H2,1-3H3. The summed E-state index contributed by atoms with van der Waals surface area (Å²) in [5.74, 6) is 0.766. The summed E-state index contributed by atoms with van der Waals surface area (Å²) in [6.07, 6.45) is 0. The largest absolute Gasteiger partial charge is 0.494 e. The smallest absolute Gasteiger partial charge is 0.250 e. The van der Waals surface area contributed by atoms with Crippen molar-refractivity contribution in [2.24, 2.45) is 0 Å². The maximum absolute atomic E-state index is 12.0. The summed E-state index contributed by atoms with van der Waals surface area (Å²) < 4.78 is 5.40. The van der Waals surface area contributed by atoms with Crippen molar-refractivity contribution in [1.82, 2.24) is 0 Å². The third-order valence-electron chi connectivity index (χ3n) is 4.14. The minimum atomic E-state index is -0.475. The Bertz CT molecular complexity index is 948. The van der Waals surface area contributed by atoms with Crippen LogP contribution >= 0.6 is 0 Å². The average molecular weight is 321 g/mol. The number of anilines is 2. The number of rotatable bonds is 5. The van der Waals surface area contributed by atoms with Crippen molar-refractivity contribution in [2.45, 2.75) is 20.8 Å². The van der Waals surface area contributed by atoms with Gasteiger partial charge >= 0.3 is 0 Å². The van der Waals surface area contributed by atoms with Crippen LogP contribution in [0, 0.1) is 13.8 Å². The lowest BCUT2D eigenvalue weighted by molar-refractivity contribution is 0.340. The van der Waals surface area contributed by atoms with Crippen LogP contribution in [0.15, 0.2) is 52.1 Å². The minimum Gasteiger partial charge on any atom is -0.494 e. The highest BCUT2D eigenvalue weighted by Crippen LogP contribution is 2.28. The van der Waals surface area contributed by atoms with Crippen LogP contribution in [-0.2, 0) is 0 Å². The molecular weight excluding hydrogens is 302 g/mol. The third-order valence-corrected chi connectivity index (χ3v) is 4.14. The predicted octanol–water partition coefficient (Wildman–Crippen LogP) is 3.71. The molecule has 0 unspecified atom stereocenters. The normalized spacial score (nSPS) is 10.8. The maximum atomic E-state index is 12.0. The van der Waals surface area contributed by atoms with Gasteiger partial charge in [-0.3, -0.25) is 9.59 Å². The fourth-order valence-electron chi connectivity index (χ4n) is 2.63. The summed E-state index contributed by atoms with van der Waals surface area (Å²) in [7, 11) is 0. The molecule has 24 heavy (non-hydrogen) atoms. The molecule has 3 aromatic rings. The first-order valence-electron chi connectivity index (χ1n) is 7.92. The van der Waals surface area contributed by atoms with Crippen molar-refractivity contribution in [1.29, 1.82) is 0 Å². The lowest BCUT2D eigenvalue weighted by Crippen LogP contribution is -2.35. The van der Waals surface area contributed by atoms with Gasteiger partial charge in [-0.05, 0) is 61.7 Å². The van der Waals surface area contributed by atoms with E-state index in [4.69, 9.17) is 4.74 Å². The first-order chi connectivity index (χ1) is 11.5. The van der Waals surface area contributed by atoms with Crippen molar-refractivity contribution >= 4 is 11.4 Å². The number of benzene rings is 2. The van der Waals surface area contributed by atoms with Gasteiger partial charge in [0.2, 0.25) is 5.43 Å². The second-order valence-corrected chi connectivity index (χ2v) is 5.79. The molecule has 0 aliphatic rings. The molecule has 0 aromatic heterocycles. The van der Waals surface area contributed by atoms with Crippen LogP contribution in [0.25, 0.3) is 11.1 Å². The van der Waals surface area contributed by atoms with Crippen LogP contribution < -0.4 is 20.9 Å². The fraction of sp³-hybridized carbons (Fsp3) is 0.200. The zero-order valence-corrected chi connectivity index (χ0v) is 14.0.